The van der Waals surface area contributed by atoms with Gasteiger partial charge in [0.25, 0.3) is 0 Å². The number of anilines is 2. The molecule has 2 N–H and O–H groups in total. The van der Waals surface area contributed by atoms with Gasteiger partial charge in [0.2, 0.25) is 5.95 Å². The van der Waals surface area contributed by atoms with Gasteiger partial charge in [-0.05, 0) is 36.5 Å². The normalized spacial score (nSPS) is 10.4. The molecule has 0 atom stereocenters. The smallest absolute Gasteiger partial charge is 0.248 e. The van der Waals surface area contributed by atoms with E-state index in [4.69, 9.17) is 23.8 Å². The number of rotatable bonds is 4. The summed E-state index contributed by atoms with van der Waals surface area (Å²) in [5.41, 5.74) is 1.29. The molecule has 0 radical (unpaired) electrons. The van der Waals surface area contributed by atoms with Crippen LogP contribution in [0.1, 0.15) is 5.56 Å². The summed E-state index contributed by atoms with van der Waals surface area (Å²) in [7, 11) is 0. The molecule has 0 saturated heterocycles. The first-order valence-electron chi connectivity index (χ1n) is 7.06. The maximum absolute atomic E-state index is 13.6. The van der Waals surface area contributed by atoms with Crippen molar-refractivity contribution in [3.8, 4) is 0 Å². The number of thiocarbonyl (C=S) groups is 1. The minimum Gasteiger partial charge on any atom is -0.332 e. The molecule has 8 heteroatoms. The maximum atomic E-state index is 13.6. The second kappa shape index (κ2) is 7.37. The Morgan fingerprint density at radius 3 is 2.79 bits per heavy atom. The summed E-state index contributed by atoms with van der Waals surface area (Å²) >= 11 is 11.1. The fourth-order valence-corrected chi connectivity index (χ4v) is 2.46. The third kappa shape index (κ3) is 4.27. The van der Waals surface area contributed by atoms with Gasteiger partial charge in [0.15, 0.2) is 5.11 Å². The van der Waals surface area contributed by atoms with Crippen molar-refractivity contribution >= 4 is 40.6 Å². The van der Waals surface area contributed by atoms with E-state index in [0.29, 0.717) is 21.6 Å². The van der Waals surface area contributed by atoms with Crippen molar-refractivity contribution in [3.63, 3.8) is 0 Å². The average Bonchev–Trinajstić information content (AvgIpc) is 2.96. The number of hydrogen-bond donors (Lipinski definition) is 2. The van der Waals surface area contributed by atoms with E-state index in [-0.39, 0.29) is 12.4 Å². The lowest BCUT2D eigenvalue weighted by Crippen LogP contribution is -2.20. The molecule has 2 aromatic carbocycles. The van der Waals surface area contributed by atoms with Crippen LogP contribution in [0.5, 0.6) is 0 Å². The molecule has 122 valence electrons. The summed E-state index contributed by atoms with van der Waals surface area (Å²) < 4.78 is 15.2. The van der Waals surface area contributed by atoms with Crippen molar-refractivity contribution in [2.24, 2.45) is 0 Å². The number of aromatic nitrogens is 3. The molecule has 0 bridgehead atoms. The monoisotopic (exact) mass is 361 g/mol. The van der Waals surface area contributed by atoms with Gasteiger partial charge in [0.05, 0.1) is 6.54 Å². The number of halogens is 2. The summed E-state index contributed by atoms with van der Waals surface area (Å²) in [4.78, 5) is 4.11. The molecule has 0 aliphatic rings. The molecule has 1 heterocycles. The summed E-state index contributed by atoms with van der Waals surface area (Å²) in [5.74, 6) is 0.0477. The highest BCUT2D eigenvalue weighted by atomic mass is 35.5. The molecule has 3 aromatic rings. The van der Waals surface area contributed by atoms with E-state index < -0.39 is 0 Å². The van der Waals surface area contributed by atoms with Gasteiger partial charge >= 0.3 is 0 Å². The van der Waals surface area contributed by atoms with Crippen LogP contribution in [0.25, 0.3) is 0 Å². The summed E-state index contributed by atoms with van der Waals surface area (Å²) in [6.45, 7) is 0.288. The summed E-state index contributed by atoms with van der Waals surface area (Å²) in [6.07, 6.45) is 1.51. The predicted octanol–water partition coefficient (Wildman–Crippen LogP) is 3.93. The molecule has 0 aliphatic carbocycles. The van der Waals surface area contributed by atoms with Crippen LogP contribution in [0.3, 0.4) is 0 Å². The molecular formula is C16H13ClFN5S. The Bertz CT molecular complexity index is 867. The summed E-state index contributed by atoms with van der Waals surface area (Å²) in [5, 5.41) is 11.0. The van der Waals surface area contributed by atoms with E-state index in [9.17, 15) is 4.39 Å². The lowest BCUT2D eigenvalue weighted by Gasteiger charge is -2.08. The van der Waals surface area contributed by atoms with Crippen LogP contribution in [0.4, 0.5) is 16.0 Å². The first kappa shape index (κ1) is 16.4. The SMILES string of the molecule is Fc1ccccc1Cn1cnc(NC(=S)Nc2cccc(Cl)c2)n1. The first-order chi connectivity index (χ1) is 11.6. The van der Waals surface area contributed by atoms with Gasteiger partial charge in [0, 0.05) is 16.3 Å². The number of nitrogens with one attached hydrogen (secondary N) is 2. The standard InChI is InChI=1S/C16H13ClFN5S/c17-12-5-3-6-13(8-12)20-16(24)21-15-19-10-23(22-15)9-11-4-1-2-7-14(11)18/h1-8,10H,9H2,(H2,20,21,22,24). The van der Waals surface area contributed by atoms with Crippen molar-refractivity contribution in [2.45, 2.75) is 6.54 Å². The van der Waals surface area contributed by atoms with Crippen LogP contribution in [0.15, 0.2) is 54.9 Å². The summed E-state index contributed by atoms with van der Waals surface area (Å²) in [6, 6.07) is 13.7. The third-order valence-corrected chi connectivity index (χ3v) is 3.57. The van der Waals surface area contributed by atoms with Gasteiger partial charge in [-0.15, -0.1) is 5.10 Å². The van der Waals surface area contributed by atoms with Crippen molar-refractivity contribution in [3.05, 3.63) is 71.3 Å². The Labute approximate surface area is 148 Å². The van der Waals surface area contributed by atoms with Crippen molar-refractivity contribution < 1.29 is 4.39 Å². The zero-order chi connectivity index (χ0) is 16.9. The fourth-order valence-electron chi connectivity index (χ4n) is 2.06. The zero-order valence-electron chi connectivity index (χ0n) is 12.4. The Morgan fingerprint density at radius 2 is 2.00 bits per heavy atom. The largest absolute Gasteiger partial charge is 0.332 e. The van der Waals surface area contributed by atoms with Crippen LogP contribution in [0, 0.1) is 5.82 Å². The molecule has 0 amide bonds. The maximum Gasteiger partial charge on any atom is 0.248 e. The molecule has 1 aromatic heterocycles. The van der Waals surface area contributed by atoms with E-state index in [2.05, 4.69) is 20.7 Å². The van der Waals surface area contributed by atoms with Crippen LogP contribution >= 0.6 is 23.8 Å². The predicted molar refractivity (Wildman–Crippen MR) is 96.8 cm³/mol. The highest BCUT2D eigenvalue weighted by Crippen LogP contribution is 2.15. The topological polar surface area (TPSA) is 54.8 Å². The Balaban J connectivity index is 1.61. The second-order valence-electron chi connectivity index (χ2n) is 4.95. The fraction of sp³-hybridized carbons (Fsp3) is 0.0625. The highest BCUT2D eigenvalue weighted by Gasteiger charge is 2.06. The molecule has 0 aliphatic heterocycles. The Hall–Kier alpha value is -2.51. The quantitative estimate of drug-likeness (QED) is 0.690. The number of benzene rings is 2. The number of hydrogen-bond acceptors (Lipinski definition) is 3. The van der Waals surface area contributed by atoms with Crippen molar-refractivity contribution in [2.75, 3.05) is 10.6 Å². The average molecular weight is 362 g/mol. The van der Waals surface area contributed by atoms with Crippen molar-refractivity contribution in [1.29, 1.82) is 0 Å². The van der Waals surface area contributed by atoms with Gasteiger partial charge in [-0.25, -0.2) is 14.1 Å². The molecule has 24 heavy (non-hydrogen) atoms. The van der Waals surface area contributed by atoms with E-state index >= 15 is 0 Å². The van der Waals surface area contributed by atoms with E-state index in [1.54, 1.807) is 30.3 Å². The molecule has 5 nitrogen and oxygen atoms in total. The van der Waals surface area contributed by atoms with Gasteiger partial charge in [-0.3, -0.25) is 5.32 Å². The van der Waals surface area contributed by atoms with E-state index in [0.717, 1.165) is 5.69 Å². The zero-order valence-corrected chi connectivity index (χ0v) is 14.0. The minimum absolute atomic E-state index is 0.277. The molecule has 3 rings (SSSR count). The van der Waals surface area contributed by atoms with E-state index in [1.165, 1.54) is 17.1 Å². The van der Waals surface area contributed by atoms with Crippen LogP contribution in [-0.2, 0) is 6.54 Å². The molecular weight excluding hydrogens is 349 g/mol. The molecule has 0 fully saturated rings. The molecule has 0 unspecified atom stereocenters. The van der Waals surface area contributed by atoms with E-state index in [1.807, 2.05) is 12.1 Å². The Kier molecular flexibility index (Phi) is 5.02. The highest BCUT2D eigenvalue weighted by molar-refractivity contribution is 7.80. The Morgan fingerprint density at radius 1 is 1.17 bits per heavy atom. The van der Waals surface area contributed by atoms with Gasteiger partial charge < -0.3 is 5.32 Å². The molecule has 0 spiro atoms. The number of nitrogens with zero attached hydrogens (tertiary/aromatic N) is 3. The van der Waals surface area contributed by atoms with Gasteiger partial charge in [0.1, 0.15) is 12.1 Å². The molecule has 0 saturated carbocycles. The lowest BCUT2D eigenvalue weighted by atomic mass is 10.2. The lowest BCUT2D eigenvalue weighted by molar-refractivity contribution is 0.585. The van der Waals surface area contributed by atoms with Crippen LogP contribution < -0.4 is 10.6 Å². The van der Waals surface area contributed by atoms with Crippen LogP contribution in [0.2, 0.25) is 5.02 Å². The first-order valence-corrected chi connectivity index (χ1v) is 7.85. The second-order valence-corrected chi connectivity index (χ2v) is 5.79. The van der Waals surface area contributed by atoms with Gasteiger partial charge in [-0.1, -0.05) is 35.9 Å². The van der Waals surface area contributed by atoms with Gasteiger partial charge in [-0.2, -0.15) is 0 Å². The van der Waals surface area contributed by atoms with Crippen LogP contribution in [-0.4, -0.2) is 19.9 Å². The minimum atomic E-state index is -0.277. The van der Waals surface area contributed by atoms with Crippen molar-refractivity contribution in [1.82, 2.24) is 14.8 Å². The third-order valence-electron chi connectivity index (χ3n) is 3.13.